The van der Waals surface area contributed by atoms with Crippen LogP contribution in [0.2, 0.25) is 0 Å². The molecule has 0 saturated heterocycles. The Morgan fingerprint density at radius 2 is 2.50 bits per heavy atom. The quantitative estimate of drug-likeness (QED) is 0.482. The minimum Gasteiger partial charge on any atom is -0.374 e. The number of nitrogens with one attached hydrogen (secondary N) is 1. The Morgan fingerprint density at radius 3 is 3.38 bits per heavy atom. The molecule has 0 radical (unpaired) electrons. The SMILES string of the molecule is OC1CCCC=CN1. The van der Waals surface area contributed by atoms with Gasteiger partial charge in [0.05, 0.1) is 0 Å². The molecular formula is C6H11NO. The summed E-state index contributed by atoms with van der Waals surface area (Å²) in [5.74, 6) is 0. The van der Waals surface area contributed by atoms with E-state index in [4.69, 9.17) is 5.11 Å². The maximum absolute atomic E-state index is 8.93. The highest BCUT2D eigenvalue weighted by Gasteiger charge is 2.00. The topological polar surface area (TPSA) is 32.3 Å². The molecule has 2 nitrogen and oxygen atoms in total. The Labute approximate surface area is 49.2 Å². The first-order valence-corrected chi connectivity index (χ1v) is 2.99. The van der Waals surface area contributed by atoms with Crippen LogP contribution in [-0.4, -0.2) is 11.3 Å². The molecule has 0 aliphatic carbocycles. The molecule has 1 aliphatic rings. The third kappa shape index (κ3) is 1.54. The summed E-state index contributed by atoms with van der Waals surface area (Å²) in [7, 11) is 0. The van der Waals surface area contributed by atoms with Crippen molar-refractivity contribution in [2.45, 2.75) is 25.5 Å². The molecule has 1 unspecified atom stereocenters. The van der Waals surface area contributed by atoms with E-state index in [1.54, 1.807) is 0 Å². The van der Waals surface area contributed by atoms with Crippen LogP contribution in [0.15, 0.2) is 12.3 Å². The average Bonchev–Trinajstić information content (AvgIpc) is 1.94. The second-order valence-electron chi connectivity index (χ2n) is 2.02. The first-order valence-electron chi connectivity index (χ1n) is 2.99. The van der Waals surface area contributed by atoms with Gasteiger partial charge in [-0.1, -0.05) is 6.08 Å². The van der Waals surface area contributed by atoms with Gasteiger partial charge in [0.15, 0.2) is 0 Å². The van der Waals surface area contributed by atoms with Crippen molar-refractivity contribution in [1.29, 1.82) is 0 Å². The maximum atomic E-state index is 8.93. The van der Waals surface area contributed by atoms with Gasteiger partial charge in [-0.3, -0.25) is 0 Å². The molecule has 0 bridgehead atoms. The Balaban J connectivity index is 2.30. The molecule has 0 spiro atoms. The minimum atomic E-state index is -0.311. The second kappa shape index (κ2) is 2.72. The summed E-state index contributed by atoms with van der Waals surface area (Å²) >= 11 is 0. The van der Waals surface area contributed by atoms with Gasteiger partial charge in [0.2, 0.25) is 0 Å². The molecule has 2 N–H and O–H groups in total. The van der Waals surface area contributed by atoms with Crippen LogP contribution < -0.4 is 5.32 Å². The van der Waals surface area contributed by atoms with Crippen molar-refractivity contribution < 1.29 is 5.11 Å². The van der Waals surface area contributed by atoms with Crippen LogP contribution >= 0.6 is 0 Å². The van der Waals surface area contributed by atoms with Crippen molar-refractivity contribution in [2.75, 3.05) is 0 Å². The van der Waals surface area contributed by atoms with E-state index >= 15 is 0 Å². The van der Waals surface area contributed by atoms with Crippen molar-refractivity contribution in [3.8, 4) is 0 Å². The van der Waals surface area contributed by atoms with Crippen LogP contribution in [0.5, 0.6) is 0 Å². The number of aliphatic hydroxyl groups excluding tert-OH is 1. The van der Waals surface area contributed by atoms with Crippen molar-refractivity contribution in [3.05, 3.63) is 12.3 Å². The highest BCUT2D eigenvalue weighted by atomic mass is 16.3. The Hall–Kier alpha value is -0.500. The first kappa shape index (κ1) is 5.63. The zero-order chi connectivity index (χ0) is 5.82. The molecule has 1 rings (SSSR count). The van der Waals surface area contributed by atoms with Crippen LogP contribution in [-0.2, 0) is 0 Å². The highest BCUT2D eigenvalue weighted by Crippen LogP contribution is 2.02. The number of allylic oxidation sites excluding steroid dienone is 1. The maximum Gasteiger partial charge on any atom is 0.124 e. The molecule has 1 atom stereocenters. The van der Waals surface area contributed by atoms with Crippen LogP contribution in [0.25, 0.3) is 0 Å². The van der Waals surface area contributed by atoms with Gasteiger partial charge in [0.25, 0.3) is 0 Å². The van der Waals surface area contributed by atoms with E-state index in [2.05, 4.69) is 5.32 Å². The van der Waals surface area contributed by atoms with Crippen LogP contribution in [0.4, 0.5) is 0 Å². The lowest BCUT2D eigenvalue weighted by molar-refractivity contribution is 0.144. The van der Waals surface area contributed by atoms with Crippen LogP contribution in [0, 0.1) is 0 Å². The molecule has 0 saturated carbocycles. The standard InChI is InChI=1S/C6H11NO/c8-6-4-2-1-3-5-7-6/h3,5-8H,1-2,4H2. The van der Waals surface area contributed by atoms with E-state index in [-0.39, 0.29) is 6.23 Å². The van der Waals surface area contributed by atoms with E-state index in [0.717, 1.165) is 19.3 Å². The molecule has 2 heteroatoms. The Kier molecular flexibility index (Phi) is 1.92. The van der Waals surface area contributed by atoms with Crippen LogP contribution in [0.1, 0.15) is 19.3 Å². The van der Waals surface area contributed by atoms with Crippen molar-refractivity contribution in [2.24, 2.45) is 0 Å². The molecule has 0 aromatic rings. The predicted molar refractivity (Wildman–Crippen MR) is 32.1 cm³/mol. The fourth-order valence-corrected chi connectivity index (χ4v) is 0.775. The molecule has 46 valence electrons. The number of hydrogen-bond donors (Lipinski definition) is 2. The molecule has 0 fully saturated rings. The van der Waals surface area contributed by atoms with Gasteiger partial charge in [-0.2, -0.15) is 0 Å². The molecule has 1 aliphatic heterocycles. The van der Waals surface area contributed by atoms with Crippen LogP contribution in [0.3, 0.4) is 0 Å². The van der Waals surface area contributed by atoms with E-state index < -0.39 is 0 Å². The largest absolute Gasteiger partial charge is 0.374 e. The van der Waals surface area contributed by atoms with E-state index in [1.165, 1.54) is 0 Å². The summed E-state index contributed by atoms with van der Waals surface area (Å²) in [6, 6.07) is 0. The Morgan fingerprint density at radius 1 is 1.62 bits per heavy atom. The average molecular weight is 113 g/mol. The van der Waals surface area contributed by atoms with Crippen molar-refractivity contribution >= 4 is 0 Å². The summed E-state index contributed by atoms with van der Waals surface area (Å²) < 4.78 is 0. The smallest absolute Gasteiger partial charge is 0.124 e. The Bertz CT molecular complexity index is 90.5. The van der Waals surface area contributed by atoms with Gasteiger partial charge < -0.3 is 10.4 Å². The summed E-state index contributed by atoms with van der Waals surface area (Å²) in [5.41, 5.74) is 0. The van der Waals surface area contributed by atoms with E-state index in [1.807, 2.05) is 12.3 Å². The minimum absolute atomic E-state index is 0.311. The molecular weight excluding hydrogens is 102 g/mol. The van der Waals surface area contributed by atoms with Crippen molar-refractivity contribution in [1.82, 2.24) is 5.32 Å². The molecule has 0 amide bonds. The normalized spacial score (nSPS) is 28.9. The third-order valence-electron chi connectivity index (χ3n) is 1.25. The first-order chi connectivity index (χ1) is 3.89. The zero-order valence-corrected chi connectivity index (χ0v) is 4.80. The van der Waals surface area contributed by atoms with Gasteiger partial charge in [-0.25, -0.2) is 0 Å². The van der Waals surface area contributed by atoms with Gasteiger partial charge in [0, 0.05) is 0 Å². The summed E-state index contributed by atoms with van der Waals surface area (Å²) in [6.07, 6.45) is 6.59. The van der Waals surface area contributed by atoms with Gasteiger partial charge in [-0.05, 0) is 25.5 Å². The number of rotatable bonds is 0. The molecule has 1 heterocycles. The monoisotopic (exact) mass is 113 g/mol. The zero-order valence-electron chi connectivity index (χ0n) is 4.80. The lowest BCUT2D eigenvalue weighted by Crippen LogP contribution is -2.21. The molecule has 0 aromatic heterocycles. The third-order valence-corrected chi connectivity index (χ3v) is 1.25. The predicted octanol–water partition coefficient (Wildman–Crippen LogP) is 0.592. The fraction of sp³-hybridized carbons (Fsp3) is 0.667. The number of aliphatic hydroxyl groups is 1. The fourth-order valence-electron chi connectivity index (χ4n) is 0.775. The molecule has 0 aromatic carbocycles. The lowest BCUT2D eigenvalue weighted by Gasteiger charge is -2.05. The van der Waals surface area contributed by atoms with Gasteiger partial charge in [-0.15, -0.1) is 0 Å². The summed E-state index contributed by atoms with van der Waals surface area (Å²) in [5, 5.41) is 11.7. The lowest BCUT2D eigenvalue weighted by atomic mass is 10.2. The summed E-state index contributed by atoms with van der Waals surface area (Å²) in [4.78, 5) is 0. The van der Waals surface area contributed by atoms with E-state index in [0.29, 0.717) is 0 Å². The second-order valence-corrected chi connectivity index (χ2v) is 2.02. The van der Waals surface area contributed by atoms with Gasteiger partial charge in [0.1, 0.15) is 6.23 Å². The highest BCUT2D eigenvalue weighted by molar-refractivity contribution is 4.83. The van der Waals surface area contributed by atoms with Crippen molar-refractivity contribution in [3.63, 3.8) is 0 Å². The summed E-state index contributed by atoms with van der Waals surface area (Å²) in [6.45, 7) is 0. The van der Waals surface area contributed by atoms with Gasteiger partial charge >= 0.3 is 0 Å². The van der Waals surface area contributed by atoms with E-state index in [9.17, 15) is 0 Å². The number of hydrogen-bond acceptors (Lipinski definition) is 2. The molecule has 8 heavy (non-hydrogen) atoms.